The summed E-state index contributed by atoms with van der Waals surface area (Å²) in [7, 11) is 5.60. The van der Waals surface area contributed by atoms with E-state index >= 15 is 0 Å². The van der Waals surface area contributed by atoms with Gasteiger partial charge < -0.3 is 20.7 Å². The van der Waals surface area contributed by atoms with E-state index in [0.717, 1.165) is 11.3 Å². The number of hydrogen-bond acceptors (Lipinski definition) is 7. The van der Waals surface area contributed by atoms with Crippen LogP contribution in [-0.2, 0) is 4.74 Å². The van der Waals surface area contributed by atoms with E-state index in [0.29, 0.717) is 41.8 Å². The number of nitrogens with two attached hydrogens (primary N) is 1. The lowest BCUT2D eigenvalue weighted by molar-refractivity contribution is 0.0951. The van der Waals surface area contributed by atoms with E-state index in [-0.39, 0.29) is 17.3 Å². The fourth-order valence-corrected chi connectivity index (χ4v) is 3.48. The number of amides is 1. The molecule has 0 spiro atoms. The van der Waals surface area contributed by atoms with Crippen molar-refractivity contribution in [3.63, 3.8) is 0 Å². The average Bonchev–Trinajstić information content (AvgIpc) is 3.09. The molecule has 33 heavy (non-hydrogen) atoms. The highest BCUT2D eigenvalue weighted by molar-refractivity contribution is 6.10. The van der Waals surface area contributed by atoms with E-state index in [1.807, 2.05) is 67.5 Å². The van der Waals surface area contributed by atoms with Gasteiger partial charge in [0.25, 0.3) is 5.91 Å². The Labute approximate surface area is 191 Å². The first-order valence-electron chi connectivity index (χ1n) is 10.6. The quantitative estimate of drug-likeness (QED) is 0.319. The fraction of sp³-hybridized carbons (Fsp3) is 0.250. The first kappa shape index (κ1) is 22.2. The fourth-order valence-electron chi connectivity index (χ4n) is 3.48. The van der Waals surface area contributed by atoms with Crippen LogP contribution in [0.5, 0.6) is 0 Å². The number of rotatable bonds is 8. The molecule has 2 aromatic carbocycles. The summed E-state index contributed by atoms with van der Waals surface area (Å²) in [6, 6.07) is 15.4. The van der Waals surface area contributed by atoms with Crippen LogP contribution >= 0.6 is 0 Å². The molecule has 3 N–H and O–H groups in total. The third-order valence-corrected chi connectivity index (χ3v) is 5.24. The molecule has 9 nitrogen and oxygen atoms in total. The second kappa shape index (κ2) is 9.66. The van der Waals surface area contributed by atoms with E-state index < -0.39 is 0 Å². The SMILES string of the molecule is COCCCNC(=O)c1c(N)n(/N=C\c2ccc(N(C)C)cc2)c2nc3ccccc3nc12. The van der Waals surface area contributed by atoms with Gasteiger partial charge in [-0.05, 0) is 36.2 Å². The first-order chi connectivity index (χ1) is 16.0. The monoisotopic (exact) mass is 445 g/mol. The van der Waals surface area contributed by atoms with Gasteiger partial charge in [0.15, 0.2) is 5.65 Å². The number of para-hydroxylation sites is 2. The Morgan fingerprint density at radius 3 is 2.52 bits per heavy atom. The summed E-state index contributed by atoms with van der Waals surface area (Å²) < 4.78 is 6.52. The molecule has 1 amide bonds. The smallest absolute Gasteiger partial charge is 0.257 e. The van der Waals surface area contributed by atoms with Crippen LogP contribution in [0.3, 0.4) is 0 Å². The van der Waals surface area contributed by atoms with E-state index in [1.165, 1.54) is 4.68 Å². The van der Waals surface area contributed by atoms with Gasteiger partial charge in [0.1, 0.15) is 16.9 Å². The molecule has 0 aliphatic heterocycles. The number of nitrogen functional groups attached to an aromatic ring is 1. The summed E-state index contributed by atoms with van der Waals surface area (Å²) in [5, 5.41) is 7.43. The lowest BCUT2D eigenvalue weighted by Crippen LogP contribution is -2.26. The molecule has 0 saturated heterocycles. The largest absolute Gasteiger partial charge is 0.385 e. The van der Waals surface area contributed by atoms with Crippen molar-refractivity contribution in [2.45, 2.75) is 6.42 Å². The molecule has 0 fully saturated rings. The van der Waals surface area contributed by atoms with Crippen LogP contribution in [0.4, 0.5) is 11.5 Å². The Kier molecular flexibility index (Phi) is 6.50. The van der Waals surface area contributed by atoms with Crippen molar-refractivity contribution in [3.05, 3.63) is 59.7 Å². The van der Waals surface area contributed by atoms with Gasteiger partial charge in [0.05, 0.1) is 17.2 Å². The van der Waals surface area contributed by atoms with Crippen LogP contribution in [0.2, 0.25) is 0 Å². The number of anilines is 2. The van der Waals surface area contributed by atoms with Crippen LogP contribution in [0, 0.1) is 0 Å². The molecule has 0 aliphatic carbocycles. The molecule has 9 heteroatoms. The molecule has 0 aliphatic rings. The van der Waals surface area contributed by atoms with Gasteiger partial charge in [0, 0.05) is 40.0 Å². The molecule has 4 rings (SSSR count). The molecule has 2 heterocycles. The highest BCUT2D eigenvalue weighted by Gasteiger charge is 2.23. The summed E-state index contributed by atoms with van der Waals surface area (Å²) in [6.45, 7) is 1.01. The summed E-state index contributed by atoms with van der Waals surface area (Å²) in [4.78, 5) is 24.4. The molecular weight excluding hydrogens is 418 g/mol. The van der Waals surface area contributed by atoms with E-state index in [1.54, 1.807) is 13.3 Å². The third kappa shape index (κ3) is 4.63. The lowest BCUT2D eigenvalue weighted by Gasteiger charge is -2.11. The predicted octanol–water partition coefficient (Wildman–Crippen LogP) is 2.88. The van der Waals surface area contributed by atoms with Gasteiger partial charge >= 0.3 is 0 Å². The number of nitrogens with zero attached hydrogens (tertiary/aromatic N) is 5. The summed E-state index contributed by atoms with van der Waals surface area (Å²) >= 11 is 0. The Morgan fingerprint density at radius 2 is 1.85 bits per heavy atom. The van der Waals surface area contributed by atoms with Crippen molar-refractivity contribution in [1.82, 2.24) is 20.0 Å². The molecule has 0 saturated carbocycles. The molecule has 0 unspecified atom stereocenters. The van der Waals surface area contributed by atoms with Gasteiger partial charge in [-0.3, -0.25) is 4.79 Å². The summed E-state index contributed by atoms with van der Waals surface area (Å²) in [5.74, 6) is -0.131. The molecule has 170 valence electrons. The molecule has 0 radical (unpaired) electrons. The maximum atomic E-state index is 13.0. The number of methoxy groups -OCH3 is 1. The van der Waals surface area contributed by atoms with Gasteiger partial charge in [-0.15, -0.1) is 0 Å². The van der Waals surface area contributed by atoms with Crippen molar-refractivity contribution < 1.29 is 9.53 Å². The van der Waals surface area contributed by atoms with Crippen molar-refractivity contribution in [2.75, 3.05) is 45.0 Å². The average molecular weight is 446 g/mol. The number of carbonyl (C=O) groups is 1. The third-order valence-electron chi connectivity index (χ3n) is 5.24. The maximum Gasteiger partial charge on any atom is 0.257 e. The Balaban J connectivity index is 1.77. The molecule has 0 bridgehead atoms. The molecule has 0 atom stereocenters. The van der Waals surface area contributed by atoms with E-state index in [4.69, 9.17) is 15.5 Å². The molecular formula is C24H27N7O2. The second-order valence-electron chi connectivity index (χ2n) is 7.79. The maximum absolute atomic E-state index is 13.0. The zero-order valence-corrected chi connectivity index (χ0v) is 18.9. The number of nitrogens with one attached hydrogen (secondary N) is 1. The van der Waals surface area contributed by atoms with Crippen LogP contribution < -0.4 is 16.0 Å². The number of ether oxygens (including phenoxy) is 1. The highest BCUT2D eigenvalue weighted by atomic mass is 16.5. The first-order valence-corrected chi connectivity index (χ1v) is 10.6. The van der Waals surface area contributed by atoms with E-state index in [9.17, 15) is 4.79 Å². The van der Waals surface area contributed by atoms with Crippen LogP contribution in [-0.4, -0.2) is 61.1 Å². The second-order valence-corrected chi connectivity index (χ2v) is 7.79. The number of hydrogen-bond donors (Lipinski definition) is 2. The summed E-state index contributed by atoms with van der Waals surface area (Å²) in [5.41, 5.74) is 10.9. The number of benzene rings is 2. The van der Waals surface area contributed by atoms with Crippen LogP contribution in [0.25, 0.3) is 22.2 Å². The Hall–Kier alpha value is -3.98. The zero-order chi connectivity index (χ0) is 23.4. The predicted molar refractivity (Wildman–Crippen MR) is 132 cm³/mol. The van der Waals surface area contributed by atoms with Crippen LogP contribution in [0.1, 0.15) is 22.3 Å². The van der Waals surface area contributed by atoms with Crippen molar-refractivity contribution >= 4 is 45.8 Å². The van der Waals surface area contributed by atoms with Gasteiger partial charge in [-0.1, -0.05) is 24.3 Å². The molecule has 2 aromatic heterocycles. The standard InChI is InChI=1S/C24H27N7O2/c1-30(2)17-11-9-16(10-12-17)15-27-31-22(25)20(24(32)26-13-6-14-33-3)21-23(31)29-19-8-5-4-7-18(19)28-21/h4-5,7-12,15H,6,13-14,25H2,1-3H3,(H,26,32)/b27-15-. The van der Waals surface area contributed by atoms with Crippen molar-refractivity contribution in [1.29, 1.82) is 0 Å². The Morgan fingerprint density at radius 1 is 1.15 bits per heavy atom. The normalized spacial score (nSPS) is 11.5. The van der Waals surface area contributed by atoms with Crippen LogP contribution in [0.15, 0.2) is 53.6 Å². The van der Waals surface area contributed by atoms with Gasteiger partial charge in [-0.2, -0.15) is 9.78 Å². The zero-order valence-electron chi connectivity index (χ0n) is 18.9. The number of fused-ring (bicyclic) bond motifs is 2. The van der Waals surface area contributed by atoms with Crippen molar-refractivity contribution in [2.24, 2.45) is 5.10 Å². The summed E-state index contributed by atoms with van der Waals surface area (Å²) in [6.07, 6.45) is 2.38. The minimum Gasteiger partial charge on any atom is -0.385 e. The minimum absolute atomic E-state index is 0.186. The van der Waals surface area contributed by atoms with Gasteiger partial charge in [-0.25, -0.2) is 9.97 Å². The molecule has 4 aromatic rings. The number of carbonyl (C=O) groups excluding carboxylic acids is 1. The highest BCUT2D eigenvalue weighted by Crippen LogP contribution is 2.27. The minimum atomic E-state index is -0.317. The van der Waals surface area contributed by atoms with Crippen molar-refractivity contribution in [3.8, 4) is 0 Å². The lowest BCUT2D eigenvalue weighted by atomic mass is 10.2. The topological polar surface area (TPSA) is 111 Å². The number of aromatic nitrogens is 3. The van der Waals surface area contributed by atoms with E-state index in [2.05, 4.69) is 15.4 Å². The van der Waals surface area contributed by atoms with Gasteiger partial charge in [0.2, 0.25) is 0 Å². The Bertz CT molecular complexity index is 1310.